The van der Waals surface area contributed by atoms with E-state index in [1.165, 1.54) is 18.2 Å². The summed E-state index contributed by atoms with van der Waals surface area (Å²) in [6, 6.07) is 11.2. The van der Waals surface area contributed by atoms with Crippen molar-refractivity contribution in [2.45, 2.75) is 20.8 Å². The lowest BCUT2D eigenvalue weighted by atomic mass is 10.00. The van der Waals surface area contributed by atoms with Crippen molar-refractivity contribution in [3.05, 3.63) is 59.4 Å². The molecule has 0 unspecified atom stereocenters. The molecule has 0 aliphatic carbocycles. The van der Waals surface area contributed by atoms with Gasteiger partial charge in [0, 0.05) is 0 Å². The molecule has 0 aliphatic heterocycles. The van der Waals surface area contributed by atoms with Gasteiger partial charge < -0.3 is 5.11 Å². The van der Waals surface area contributed by atoms with Crippen LogP contribution in [0.15, 0.2) is 42.5 Å². The molecule has 0 spiro atoms. The number of hydrogen-bond acceptors (Lipinski definition) is 1. The van der Waals surface area contributed by atoms with Gasteiger partial charge in [-0.05, 0) is 41.8 Å². The number of rotatable bonds is 2. The number of carbonyl (C=O) groups is 1. The molecule has 2 aromatic carbocycles. The maximum absolute atomic E-state index is 13.1. The van der Waals surface area contributed by atoms with Crippen LogP contribution in [0.3, 0.4) is 0 Å². The summed E-state index contributed by atoms with van der Waals surface area (Å²) in [7, 11) is 0. The summed E-state index contributed by atoms with van der Waals surface area (Å²) in [5, 5.41) is 8.91. The molecular formula is C16H17FO2. The summed E-state index contributed by atoms with van der Waals surface area (Å²) >= 11 is 0. The van der Waals surface area contributed by atoms with Gasteiger partial charge in [0.15, 0.2) is 0 Å². The minimum absolute atomic E-state index is 0.269. The molecule has 3 heteroatoms. The Hall–Kier alpha value is -2.16. The van der Waals surface area contributed by atoms with Crippen LogP contribution in [-0.2, 0) is 0 Å². The third-order valence-electron chi connectivity index (χ3n) is 2.61. The first-order valence-corrected chi connectivity index (χ1v) is 6.18. The fourth-order valence-corrected chi connectivity index (χ4v) is 1.75. The van der Waals surface area contributed by atoms with E-state index in [1.54, 1.807) is 31.2 Å². The Bertz CT molecular complexity index is 577. The average molecular weight is 260 g/mol. The summed E-state index contributed by atoms with van der Waals surface area (Å²) in [6.07, 6.45) is 0. The third kappa shape index (κ3) is 3.65. The minimum atomic E-state index is -0.951. The summed E-state index contributed by atoms with van der Waals surface area (Å²) in [5.41, 5.74) is 2.49. The van der Waals surface area contributed by atoms with Crippen molar-refractivity contribution in [1.29, 1.82) is 0 Å². The van der Waals surface area contributed by atoms with Crippen molar-refractivity contribution in [2.24, 2.45) is 0 Å². The number of carboxylic acids is 1. The van der Waals surface area contributed by atoms with E-state index in [4.69, 9.17) is 5.11 Å². The second-order valence-corrected chi connectivity index (χ2v) is 3.85. The van der Waals surface area contributed by atoms with Gasteiger partial charge in [-0.1, -0.05) is 38.1 Å². The molecular weight excluding hydrogens is 243 g/mol. The monoisotopic (exact) mass is 260 g/mol. The zero-order valence-corrected chi connectivity index (χ0v) is 11.3. The van der Waals surface area contributed by atoms with Gasteiger partial charge in [-0.3, -0.25) is 0 Å². The van der Waals surface area contributed by atoms with E-state index in [9.17, 15) is 9.18 Å². The zero-order valence-electron chi connectivity index (χ0n) is 11.3. The number of aromatic carboxylic acids is 1. The van der Waals surface area contributed by atoms with Crippen LogP contribution in [0.25, 0.3) is 11.1 Å². The summed E-state index contributed by atoms with van der Waals surface area (Å²) in [5.74, 6) is -1.25. The second-order valence-electron chi connectivity index (χ2n) is 3.85. The normalized spacial score (nSPS) is 9.47. The Kier molecular flexibility index (Phi) is 5.24. The van der Waals surface area contributed by atoms with Crippen molar-refractivity contribution in [3.8, 4) is 11.1 Å². The lowest BCUT2D eigenvalue weighted by molar-refractivity contribution is 0.0696. The number of hydrogen-bond donors (Lipinski definition) is 1. The van der Waals surface area contributed by atoms with Crippen molar-refractivity contribution in [1.82, 2.24) is 0 Å². The van der Waals surface area contributed by atoms with Gasteiger partial charge in [-0.25, -0.2) is 9.18 Å². The van der Waals surface area contributed by atoms with Crippen LogP contribution in [0.4, 0.5) is 4.39 Å². The number of benzene rings is 2. The fraction of sp³-hybridized carbons (Fsp3) is 0.188. The molecule has 19 heavy (non-hydrogen) atoms. The standard InChI is InChI=1S/C14H11FO2.C2H6/c1-9-7-11(5-6-13(9)14(16)17)10-3-2-4-12(15)8-10;1-2/h2-8H,1H3,(H,16,17);1-2H3. The molecule has 0 radical (unpaired) electrons. The Morgan fingerprint density at radius 2 is 1.68 bits per heavy atom. The SMILES string of the molecule is CC.Cc1cc(-c2cccc(F)c2)ccc1C(=O)O. The first-order chi connectivity index (χ1) is 9.08. The molecule has 0 saturated heterocycles. The van der Waals surface area contributed by atoms with Crippen LogP contribution in [0.1, 0.15) is 29.8 Å². The van der Waals surface area contributed by atoms with E-state index in [1.807, 2.05) is 13.8 Å². The van der Waals surface area contributed by atoms with Crippen LogP contribution in [-0.4, -0.2) is 11.1 Å². The van der Waals surface area contributed by atoms with Crippen LogP contribution in [0, 0.1) is 12.7 Å². The molecule has 0 atom stereocenters. The van der Waals surface area contributed by atoms with Crippen LogP contribution < -0.4 is 0 Å². The van der Waals surface area contributed by atoms with Gasteiger partial charge in [-0.2, -0.15) is 0 Å². The lowest BCUT2D eigenvalue weighted by Gasteiger charge is -2.05. The van der Waals surface area contributed by atoms with Crippen molar-refractivity contribution >= 4 is 5.97 Å². The molecule has 0 aromatic heterocycles. The van der Waals surface area contributed by atoms with Gasteiger partial charge in [0.05, 0.1) is 5.56 Å². The van der Waals surface area contributed by atoms with Gasteiger partial charge in [0.25, 0.3) is 0 Å². The highest BCUT2D eigenvalue weighted by Gasteiger charge is 2.08. The Labute approximate surface area is 112 Å². The van der Waals surface area contributed by atoms with E-state index < -0.39 is 5.97 Å². The summed E-state index contributed by atoms with van der Waals surface area (Å²) in [6.45, 7) is 5.73. The predicted octanol–water partition coefficient (Wildman–Crippen LogP) is 4.53. The topological polar surface area (TPSA) is 37.3 Å². The second kappa shape index (κ2) is 6.69. The fourth-order valence-electron chi connectivity index (χ4n) is 1.75. The quantitative estimate of drug-likeness (QED) is 0.861. The van der Waals surface area contributed by atoms with Crippen LogP contribution >= 0.6 is 0 Å². The number of carboxylic acid groups (broad SMARTS) is 1. The highest BCUT2D eigenvalue weighted by Crippen LogP contribution is 2.23. The molecule has 0 amide bonds. The van der Waals surface area contributed by atoms with Gasteiger partial charge in [-0.15, -0.1) is 0 Å². The van der Waals surface area contributed by atoms with Crippen molar-refractivity contribution in [2.75, 3.05) is 0 Å². The first-order valence-electron chi connectivity index (χ1n) is 6.18. The van der Waals surface area contributed by atoms with Crippen molar-refractivity contribution in [3.63, 3.8) is 0 Å². The number of aryl methyl sites for hydroxylation is 1. The van der Waals surface area contributed by atoms with Crippen LogP contribution in [0.2, 0.25) is 0 Å². The highest BCUT2D eigenvalue weighted by atomic mass is 19.1. The Morgan fingerprint density at radius 3 is 2.21 bits per heavy atom. The summed E-state index contributed by atoms with van der Waals surface area (Å²) in [4.78, 5) is 10.9. The molecule has 0 saturated carbocycles. The van der Waals surface area contributed by atoms with Crippen LogP contribution in [0.5, 0.6) is 0 Å². The van der Waals surface area contributed by atoms with Gasteiger partial charge in [0.1, 0.15) is 5.82 Å². The Morgan fingerprint density at radius 1 is 1.05 bits per heavy atom. The highest BCUT2D eigenvalue weighted by molar-refractivity contribution is 5.90. The number of halogens is 1. The zero-order chi connectivity index (χ0) is 14.4. The lowest BCUT2D eigenvalue weighted by Crippen LogP contribution is -1.99. The molecule has 1 N–H and O–H groups in total. The minimum Gasteiger partial charge on any atom is -0.478 e. The van der Waals surface area contributed by atoms with E-state index in [0.717, 1.165) is 11.1 Å². The van der Waals surface area contributed by atoms with Gasteiger partial charge in [0.2, 0.25) is 0 Å². The van der Waals surface area contributed by atoms with Gasteiger partial charge >= 0.3 is 5.97 Å². The average Bonchev–Trinajstić information content (AvgIpc) is 2.40. The van der Waals surface area contributed by atoms with E-state index in [0.29, 0.717) is 5.56 Å². The first kappa shape index (κ1) is 14.9. The molecule has 2 nitrogen and oxygen atoms in total. The van der Waals surface area contributed by atoms with E-state index >= 15 is 0 Å². The molecule has 0 aliphatic rings. The molecule has 2 rings (SSSR count). The van der Waals surface area contributed by atoms with Crippen molar-refractivity contribution < 1.29 is 14.3 Å². The molecule has 0 fully saturated rings. The van der Waals surface area contributed by atoms with E-state index in [2.05, 4.69) is 0 Å². The largest absolute Gasteiger partial charge is 0.478 e. The predicted molar refractivity (Wildman–Crippen MR) is 74.9 cm³/mol. The maximum Gasteiger partial charge on any atom is 0.335 e. The van der Waals surface area contributed by atoms with E-state index in [-0.39, 0.29) is 11.4 Å². The third-order valence-corrected chi connectivity index (χ3v) is 2.61. The summed E-state index contributed by atoms with van der Waals surface area (Å²) < 4.78 is 13.1. The molecule has 100 valence electrons. The molecule has 0 heterocycles. The molecule has 0 bridgehead atoms. The smallest absolute Gasteiger partial charge is 0.335 e. The maximum atomic E-state index is 13.1. The Balaban J connectivity index is 0.000000861. The molecule has 2 aromatic rings.